The zero-order valence-corrected chi connectivity index (χ0v) is 9.24. The second kappa shape index (κ2) is 7.30. The van der Waals surface area contributed by atoms with E-state index in [1.165, 1.54) is 0 Å². The molecule has 13 heavy (non-hydrogen) atoms. The summed E-state index contributed by atoms with van der Waals surface area (Å²) in [7, 11) is 0. The van der Waals surface area contributed by atoms with Crippen LogP contribution in [0.4, 0.5) is 0 Å². The molecule has 1 radical (unpaired) electrons. The molecule has 0 heterocycles. The van der Waals surface area contributed by atoms with Gasteiger partial charge in [-0.2, -0.15) is 0 Å². The minimum absolute atomic E-state index is 0.111. The van der Waals surface area contributed by atoms with Gasteiger partial charge in [0.1, 0.15) is 5.79 Å². The van der Waals surface area contributed by atoms with Gasteiger partial charge in [-0.05, 0) is 32.5 Å². The summed E-state index contributed by atoms with van der Waals surface area (Å²) >= 11 is 0. The molecule has 79 valence electrons. The van der Waals surface area contributed by atoms with Gasteiger partial charge in [0.15, 0.2) is 0 Å². The molecule has 0 atom stereocenters. The Hall–Kier alpha value is -0.120. The highest BCUT2D eigenvalue weighted by molar-refractivity contribution is 4.81. The van der Waals surface area contributed by atoms with Crippen molar-refractivity contribution in [1.29, 1.82) is 0 Å². The van der Waals surface area contributed by atoms with Gasteiger partial charge in [0.25, 0.3) is 0 Å². The Morgan fingerprint density at radius 2 is 1.31 bits per heavy atom. The van der Waals surface area contributed by atoms with Crippen LogP contribution in [0.25, 0.3) is 0 Å². The molecule has 0 amide bonds. The highest BCUT2D eigenvalue weighted by Crippen LogP contribution is 2.04. The second-order valence-corrected chi connectivity index (χ2v) is 3.10. The van der Waals surface area contributed by atoms with Crippen molar-refractivity contribution in [1.82, 2.24) is 16.0 Å². The monoisotopic (exact) mass is 186 g/mol. The predicted octanol–water partition coefficient (Wildman–Crippen LogP) is 1.08. The summed E-state index contributed by atoms with van der Waals surface area (Å²) in [6.07, 6.45) is 1.93. The largest absolute Gasteiger partial charge is 0.287 e. The minimum Gasteiger partial charge on any atom is -0.287 e. The van der Waals surface area contributed by atoms with E-state index in [9.17, 15) is 0 Å². The number of nitrogens with one attached hydrogen (secondary N) is 3. The molecule has 0 aliphatic rings. The average Bonchev–Trinajstić information content (AvgIpc) is 2.06. The maximum absolute atomic E-state index is 3.90. The van der Waals surface area contributed by atoms with E-state index in [0.29, 0.717) is 0 Å². The third-order valence-corrected chi connectivity index (χ3v) is 1.99. The fourth-order valence-corrected chi connectivity index (χ4v) is 1.62. The summed E-state index contributed by atoms with van der Waals surface area (Å²) in [6, 6.07) is 0. The molecule has 0 bridgehead atoms. The zero-order chi connectivity index (χ0) is 10.2. The molecule has 0 aliphatic heterocycles. The highest BCUT2D eigenvalue weighted by Gasteiger charge is 2.24. The Bertz CT molecular complexity index is 85.2. The van der Waals surface area contributed by atoms with Crippen LogP contribution in [0.1, 0.15) is 33.6 Å². The molecule has 0 saturated heterocycles. The lowest BCUT2D eigenvalue weighted by Gasteiger charge is -2.36. The quantitative estimate of drug-likeness (QED) is 0.497. The zero-order valence-electron chi connectivity index (χ0n) is 9.24. The summed E-state index contributed by atoms with van der Waals surface area (Å²) in [5.74, 6) is -0.111. The van der Waals surface area contributed by atoms with Gasteiger partial charge in [-0.3, -0.25) is 16.0 Å². The van der Waals surface area contributed by atoms with Crippen molar-refractivity contribution in [3.63, 3.8) is 0 Å². The number of hydrogen-bond donors (Lipinski definition) is 3. The molecule has 3 N–H and O–H groups in total. The first-order chi connectivity index (χ1) is 6.24. The van der Waals surface area contributed by atoms with Crippen molar-refractivity contribution in [2.75, 3.05) is 19.6 Å². The maximum atomic E-state index is 3.90. The fourth-order valence-electron chi connectivity index (χ4n) is 1.62. The van der Waals surface area contributed by atoms with Crippen LogP contribution in [0.2, 0.25) is 0 Å². The molecular weight excluding hydrogens is 162 g/mol. The van der Waals surface area contributed by atoms with E-state index in [4.69, 9.17) is 0 Å². The molecule has 0 saturated carbocycles. The normalized spacial score (nSPS) is 12.0. The SMILES string of the molecule is [CH2]CCC(NCC)(NCC)NCC. The third-order valence-electron chi connectivity index (χ3n) is 1.99. The molecule has 0 aromatic heterocycles. The number of hydrogen-bond acceptors (Lipinski definition) is 3. The lowest BCUT2D eigenvalue weighted by atomic mass is 10.1. The van der Waals surface area contributed by atoms with Gasteiger partial charge < -0.3 is 0 Å². The first-order valence-corrected chi connectivity index (χ1v) is 5.29. The van der Waals surface area contributed by atoms with E-state index < -0.39 is 0 Å². The predicted molar refractivity (Wildman–Crippen MR) is 58.4 cm³/mol. The van der Waals surface area contributed by atoms with E-state index >= 15 is 0 Å². The van der Waals surface area contributed by atoms with Crippen molar-refractivity contribution in [3.8, 4) is 0 Å². The lowest BCUT2D eigenvalue weighted by molar-refractivity contribution is 0.194. The van der Waals surface area contributed by atoms with E-state index in [2.05, 4.69) is 43.6 Å². The Morgan fingerprint density at radius 1 is 0.923 bits per heavy atom. The summed E-state index contributed by atoms with van der Waals surface area (Å²) in [4.78, 5) is 0. The van der Waals surface area contributed by atoms with Gasteiger partial charge in [0.05, 0.1) is 0 Å². The van der Waals surface area contributed by atoms with Crippen LogP contribution in [-0.2, 0) is 0 Å². The van der Waals surface area contributed by atoms with Gasteiger partial charge in [-0.15, -0.1) is 0 Å². The molecular formula is C10H24N3. The van der Waals surface area contributed by atoms with E-state index in [0.717, 1.165) is 32.5 Å². The van der Waals surface area contributed by atoms with Crippen LogP contribution in [0.15, 0.2) is 0 Å². The molecule has 0 rings (SSSR count). The van der Waals surface area contributed by atoms with Crippen molar-refractivity contribution < 1.29 is 0 Å². The second-order valence-electron chi connectivity index (χ2n) is 3.10. The van der Waals surface area contributed by atoms with Gasteiger partial charge in [0, 0.05) is 0 Å². The first-order valence-electron chi connectivity index (χ1n) is 5.29. The Kier molecular flexibility index (Phi) is 7.23. The average molecular weight is 186 g/mol. The van der Waals surface area contributed by atoms with Crippen molar-refractivity contribution in [3.05, 3.63) is 6.92 Å². The topological polar surface area (TPSA) is 36.1 Å². The van der Waals surface area contributed by atoms with Crippen molar-refractivity contribution >= 4 is 0 Å². The van der Waals surface area contributed by atoms with Gasteiger partial charge in [0.2, 0.25) is 0 Å². The third kappa shape index (κ3) is 4.60. The molecule has 0 aliphatic carbocycles. The Labute approximate surface area is 82.7 Å². The standard InChI is InChI=1S/C10H24N3/c1-5-9-10(11-6-2,12-7-3)13-8-4/h11-13H,1,5-9H2,2-4H3. The summed E-state index contributed by atoms with van der Waals surface area (Å²) < 4.78 is 0. The van der Waals surface area contributed by atoms with Crippen LogP contribution in [-0.4, -0.2) is 25.4 Å². The number of rotatable bonds is 8. The van der Waals surface area contributed by atoms with Gasteiger partial charge in [-0.25, -0.2) is 0 Å². The highest BCUT2D eigenvalue weighted by atomic mass is 15.3. The molecule has 0 aromatic carbocycles. The van der Waals surface area contributed by atoms with E-state index in [1.54, 1.807) is 0 Å². The minimum atomic E-state index is -0.111. The Balaban J connectivity index is 4.19. The van der Waals surface area contributed by atoms with Crippen molar-refractivity contribution in [2.24, 2.45) is 0 Å². The van der Waals surface area contributed by atoms with Crippen LogP contribution < -0.4 is 16.0 Å². The van der Waals surface area contributed by atoms with Crippen LogP contribution in [0.5, 0.6) is 0 Å². The van der Waals surface area contributed by atoms with Gasteiger partial charge in [-0.1, -0.05) is 27.7 Å². The molecule has 0 unspecified atom stereocenters. The maximum Gasteiger partial charge on any atom is 0.123 e. The lowest BCUT2D eigenvalue weighted by Crippen LogP contribution is -2.66. The molecule has 3 nitrogen and oxygen atoms in total. The molecule has 0 spiro atoms. The fraction of sp³-hybridized carbons (Fsp3) is 0.900. The van der Waals surface area contributed by atoms with Crippen LogP contribution in [0.3, 0.4) is 0 Å². The molecule has 0 aromatic rings. The van der Waals surface area contributed by atoms with E-state index in [-0.39, 0.29) is 5.79 Å². The first kappa shape index (κ1) is 12.9. The van der Waals surface area contributed by atoms with Crippen LogP contribution in [0, 0.1) is 6.92 Å². The molecule has 3 heteroatoms. The molecule has 0 fully saturated rings. The summed E-state index contributed by atoms with van der Waals surface area (Å²) in [6.45, 7) is 13.1. The van der Waals surface area contributed by atoms with E-state index in [1.807, 2.05) is 0 Å². The van der Waals surface area contributed by atoms with Crippen molar-refractivity contribution in [2.45, 2.75) is 39.4 Å². The summed E-state index contributed by atoms with van der Waals surface area (Å²) in [5.41, 5.74) is 0. The summed E-state index contributed by atoms with van der Waals surface area (Å²) in [5, 5.41) is 10.3. The van der Waals surface area contributed by atoms with Crippen LogP contribution >= 0.6 is 0 Å². The Morgan fingerprint density at radius 3 is 1.54 bits per heavy atom. The smallest absolute Gasteiger partial charge is 0.123 e. The van der Waals surface area contributed by atoms with Gasteiger partial charge >= 0.3 is 0 Å².